The van der Waals surface area contributed by atoms with Gasteiger partial charge in [-0.15, -0.1) is 11.3 Å². The van der Waals surface area contributed by atoms with Gasteiger partial charge in [-0.2, -0.15) is 0 Å². The Kier molecular flexibility index (Phi) is 2.82. The lowest BCUT2D eigenvalue weighted by Crippen LogP contribution is -2.10. The molecule has 0 amide bonds. The zero-order chi connectivity index (χ0) is 11.8. The van der Waals surface area contributed by atoms with Crippen molar-refractivity contribution in [2.24, 2.45) is 5.73 Å². The zero-order valence-corrected chi connectivity index (χ0v) is 10.7. The molecule has 88 valence electrons. The fourth-order valence-electron chi connectivity index (χ4n) is 2.06. The summed E-state index contributed by atoms with van der Waals surface area (Å²) in [4.78, 5) is 1.09. The number of benzene rings is 1. The van der Waals surface area contributed by atoms with Crippen molar-refractivity contribution in [2.45, 2.75) is 12.5 Å². The zero-order valence-electron chi connectivity index (χ0n) is 9.15. The highest BCUT2D eigenvalue weighted by atomic mass is 35.5. The maximum atomic E-state index is 6.23. The normalized spacial score (nSPS) is 15.4. The predicted octanol–water partition coefficient (Wildman–Crippen LogP) is 3.38. The van der Waals surface area contributed by atoms with Crippen molar-refractivity contribution in [2.75, 3.05) is 6.61 Å². The van der Waals surface area contributed by atoms with Crippen molar-refractivity contribution in [3.8, 4) is 5.75 Å². The van der Waals surface area contributed by atoms with Gasteiger partial charge in [0.1, 0.15) is 5.75 Å². The van der Waals surface area contributed by atoms with E-state index in [0.29, 0.717) is 0 Å². The molecule has 17 heavy (non-hydrogen) atoms. The first-order chi connectivity index (χ1) is 8.24. The molecule has 1 aromatic carbocycles. The molecule has 0 saturated carbocycles. The monoisotopic (exact) mass is 265 g/mol. The molecule has 1 unspecified atom stereocenters. The molecule has 0 fully saturated rings. The van der Waals surface area contributed by atoms with Crippen LogP contribution in [0, 0.1) is 0 Å². The third kappa shape index (κ3) is 2.06. The van der Waals surface area contributed by atoms with Crippen LogP contribution in [0.15, 0.2) is 30.3 Å². The quantitative estimate of drug-likeness (QED) is 0.903. The van der Waals surface area contributed by atoms with Crippen LogP contribution in [0.2, 0.25) is 4.34 Å². The second-order valence-corrected chi connectivity index (χ2v) is 5.83. The van der Waals surface area contributed by atoms with Crippen LogP contribution in [0.4, 0.5) is 0 Å². The lowest BCUT2D eigenvalue weighted by atomic mass is 10.0. The molecule has 1 aliphatic rings. The minimum atomic E-state index is -0.0987. The van der Waals surface area contributed by atoms with Gasteiger partial charge in [0, 0.05) is 11.3 Å². The number of hydrogen-bond donors (Lipinski definition) is 1. The summed E-state index contributed by atoms with van der Waals surface area (Å²) in [6, 6.07) is 9.95. The average Bonchev–Trinajstić information content (AvgIpc) is 2.95. The highest BCUT2D eigenvalue weighted by Crippen LogP contribution is 2.33. The van der Waals surface area contributed by atoms with E-state index in [1.54, 1.807) is 0 Å². The minimum absolute atomic E-state index is 0.0987. The molecule has 1 aromatic heterocycles. The Morgan fingerprint density at radius 1 is 1.29 bits per heavy atom. The fraction of sp³-hybridized carbons (Fsp3) is 0.231. The van der Waals surface area contributed by atoms with Gasteiger partial charge in [0.25, 0.3) is 0 Å². The number of ether oxygens (including phenoxy) is 1. The van der Waals surface area contributed by atoms with Crippen LogP contribution in [-0.4, -0.2) is 6.61 Å². The number of rotatable bonds is 2. The van der Waals surface area contributed by atoms with Gasteiger partial charge in [0.05, 0.1) is 17.0 Å². The first-order valence-corrected chi connectivity index (χ1v) is 6.70. The molecule has 2 N–H and O–H groups in total. The Balaban J connectivity index is 1.94. The van der Waals surface area contributed by atoms with Crippen molar-refractivity contribution in [1.82, 2.24) is 0 Å². The molecule has 2 aromatic rings. The first-order valence-electron chi connectivity index (χ1n) is 5.50. The second kappa shape index (κ2) is 4.33. The van der Waals surface area contributed by atoms with Crippen LogP contribution >= 0.6 is 22.9 Å². The molecular formula is C13H12ClNOS. The summed E-state index contributed by atoms with van der Waals surface area (Å²) in [6.45, 7) is 0.777. The molecule has 0 bridgehead atoms. The van der Waals surface area contributed by atoms with E-state index in [0.717, 1.165) is 33.6 Å². The van der Waals surface area contributed by atoms with Crippen LogP contribution < -0.4 is 10.5 Å². The SMILES string of the molecule is NC(c1ccc2c(c1)CCO2)c1ccc(Cl)s1. The van der Waals surface area contributed by atoms with Crippen molar-refractivity contribution in [3.05, 3.63) is 50.7 Å². The Morgan fingerprint density at radius 2 is 2.18 bits per heavy atom. The Morgan fingerprint density at radius 3 is 2.94 bits per heavy atom. The molecule has 0 aliphatic carbocycles. The summed E-state index contributed by atoms with van der Waals surface area (Å²) >= 11 is 7.46. The van der Waals surface area contributed by atoms with E-state index in [-0.39, 0.29) is 6.04 Å². The van der Waals surface area contributed by atoms with E-state index in [1.807, 2.05) is 24.3 Å². The summed E-state index contributed by atoms with van der Waals surface area (Å²) in [5.74, 6) is 0.991. The topological polar surface area (TPSA) is 35.2 Å². The average molecular weight is 266 g/mol. The van der Waals surface area contributed by atoms with Crippen LogP contribution in [0.3, 0.4) is 0 Å². The van der Waals surface area contributed by atoms with Gasteiger partial charge in [-0.05, 0) is 29.3 Å². The number of hydrogen-bond acceptors (Lipinski definition) is 3. The van der Waals surface area contributed by atoms with Gasteiger partial charge in [0.2, 0.25) is 0 Å². The Labute approximate surface area is 109 Å². The highest BCUT2D eigenvalue weighted by Gasteiger charge is 2.16. The molecule has 2 nitrogen and oxygen atoms in total. The molecule has 3 rings (SSSR count). The molecule has 0 radical (unpaired) electrons. The lowest BCUT2D eigenvalue weighted by molar-refractivity contribution is 0.357. The van der Waals surface area contributed by atoms with Crippen LogP contribution in [-0.2, 0) is 6.42 Å². The molecular weight excluding hydrogens is 254 g/mol. The summed E-state index contributed by atoms with van der Waals surface area (Å²) in [5, 5.41) is 0. The molecule has 4 heteroatoms. The van der Waals surface area contributed by atoms with Gasteiger partial charge in [-0.1, -0.05) is 23.7 Å². The Bertz CT molecular complexity index is 552. The van der Waals surface area contributed by atoms with Crippen LogP contribution in [0.5, 0.6) is 5.75 Å². The van der Waals surface area contributed by atoms with E-state index < -0.39 is 0 Å². The van der Waals surface area contributed by atoms with Gasteiger partial charge in [-0.3, -0.25) is 0 Å². The number of fused-ring (bicyclic) bond motifs is 1. The third-order valence-corrected chi connectivity index (χ3v) is 4.29. The molecule has 0 spiro atoms. The predicted molar refractivity (Wildman–Crippen MR) is 71.0 cm³/mol. The summed E-state index contributed by atoms with van der Waals surface area (Å²) in [7, 11) is 0. The lowest BCUT2D eigenvalue weighted by Gasteiger charge is -2.11. The van der Waals surface area contributed by atoms with E-state index in [2.05, 4.69) is 6.07 Å². The number of nitrogens with two attached hydrogens (primary N) is 1. The summed E-state index contributed by atoms with van der Waals surface area (Å²) in [6.07, 6.45) is 0.973. The minimum Gasteiger partial charge on any atom is -0.493 e. The van der Waals surface area contributed by atoms with E-state index >= 15 is 0 Å². The fourth-order valence-corrected chi connectivity index (χ4v) is 3.15. The maximum absolute atomic E-state index is 6.23. The number of thiophene rings is 1. The molecule has 1 atom stereocenters. The molecule has 1 aliphatic heterocycles. The standard InChI is InChI=1S/C13H12ClNOS/c14-12-4-3-11(17-12)13(15)9-1-2-10-8(7-9)5-6-16-10/h1-4,7,13H,5-6,15H2. The first kappa shape index (κ1) is 11.1. The number of halogens is 1. The van der Waals surface area contributed by atoms with E-state index in [9.17, 15) is 0 Å². The van der Waals surface area contributed by atoms with Crippen LogP contribution in [0.25, 0.3) is 0 Å². The highest BCUT2D eigenvalue weighted by molar-refractivity contribution is 7.16. The van der Waals surface area contributed by atoms with Crippen molar-refractivity contribution < 1.29 is 4.74 Å². The van der Waals surface area contributed by atoms with Gasteiger partial charge in [0.15, 0.2) is 0 Å². The van der Waals surface area contributed by atoms with Gasteiger partial charge in [-0.25, -0.2) is 0 Å². The molecule has 2 heterocycles. The smallest absolute Gasteiger partial charge is 0.122 e. The van der Waals surface area contributed by atoms with E-state index in [4.69, 9.17) is 22.1 Å². The largest absolute Gasteiger partial charge is 0.493 e. The molecule has 0 saturated heterocycles. The van der Waals surface area contributed by atoms with Crippen molar-refractivity contribution >= 4 is 22.9 Å². The van der Waals surface area contributed by atoms with E-state index in [1.165, 1.54) is 16.9 Å². The van der Waals surface area contributed by atoms with Crippen molar-refractivity contribution in [3.63, 3.8) is 0 Å². The van der Waals surface area contributed by atoms with Gasteiger partial charge < -0.3 is 10.5 Å². The maximum Gasteiger partial charge on any atom is 0.122 e. The van der Waals surface area contributed by atoms with Crippen molar-refractivity contribution in [1.29, 1.82) is 0 Å². The van der Waals surface area contributed by atoms with Crippen LogP contribution in [0.1, 0.15) is 22.0 Å². The Hall–Kier alpha value is -1.03. The summed E-state index contributed by atoms with van der Waals surface area (Å²) in [5.41, 5.74) is 8.60. The second-order valence-electron chi connectivity index (χ2n) is 4.09. The third-order valence-electron chi connectivity index (χ3n) is 2.97. The summed E-state index contributed by atoms with van der Waals surface area (Å²) < 4.78 is 6.26. The van der Waals surface area contributed by atoms with Gasteiger partial charge >= 0.3 is 0 Å².